The molecule has 4 rings (SSSR count). The number of fused-ring (bicyclic) bond motifs is 2. The molecular weight excluding hydrogens is 376 g/mol. The van der Waals surface area contributed by atoms with Gasteiger partial charge in [0.15, 0.2) is 5.78 Å². The number of carbonyl (C=O) groups excluding carboxylic acids is 2. The van der Waals surface area contributed by atoms with E-state index in [9.17, 15) is 9.59 Å². The van der Waals surface area contributed by atoms with E-state index in [0.29, 0.717) is 17.7 Å². The van der Waals surface area contributed by atoms with Gasteiger partial charge in [0, 0.05) is 17.7 Å². The molecule has 3 aromatic rings. The van der Waals surface area contributed by atoms with Crippen LogP contribution in [0.2, 0.25) is 0 Å². The van der Waals surface area contributed by atoms with E-state index in [1.54, 1.807) is 0 Å². The average molecular weight is 407 g/mol. The number of para-hydroxylation sites is 2. The third-order valence-electron chi connectivity index (χ3n) is 6.02. The molecule has 0 aliphatic heterocycles. The zero-order valence-electron chi connectivity index (χ0n) is 18.2. The molecule has 2 heterocycles. The van der Waals surface area contributed by atoms with Gasteiger partial charge < -0.3 is 15.3 Å². The predicted octanol–water partition coefficient (Wildman–Crippen LogP) is 5.02. The van der Waals surface area contributed by atoms with E-state index in [4.69, 9.17) is 4.98 Å². The predicted molar refractivity (Wildman–Crippen MR) is 118 cm³/mol. The number of nitrogens with one attached hydrogen (secondary N) is 3. The summed E-state index contributed by atoms with van der Waals surface area (Å²) in [5.74, 6) is 0.701. The first-order valence-corrected chi connectivity index (χ1v) is 10.8. The normalized spacial score (nSPS) is 16.5. The van der Waals surface area contributed by atoms with Gasteiger partial charge in [-0.05, 0) is 42.9 Å². The van der Waals surface area contributed by atoms with E-state index in [-0.39, 0.29) is 23.1 Å². The van der Waals surface area contributed by atoms with Gasteiger partial charge in [-0.15, -0.1) is 0 Å². The van der Waals surface area contributed by atoms with Crippen molar-refractivity contribution in [3.05, 3.63) is 52.6 Å². The Balaban J connectivity index is 1.62. The molecule has 6 heteroatoms. The van der Waals surface area contributed by atoms with Gasteiger partial charge in [-0.1, -0.05) is 45.7 Å². The lowest BCUT2D eigenvalue weighted by atomic mass is 9.75. The van der Waals surface area contributed by atoms with Gasteiger partial charge in [-0.3, -0.25) is 9.59 Å². The number of hydrogen-bond donors (Lipinski definition) is 3. The quantitative estimate of drug-likeness (QED) is 0.537. The second-order valence-corrected chi connectivity index (χ2v) is 9.23. The molecule has 0 bridgehead atoms. The Kier molecular flexibility index (Phi) is 5.26. The minimum Gasteiger partial charge on any atom is -0.354 e. The number of hydrogen-bond acceptors (Lipinski definition) is 3. The highest BCUT2D eigenvalue weighted by Gasteiger charge is 2.35. The molecule has 3 N–H and O–H groups in total. The van der Waals surface area contributed by atoms with Crippen LogP contribution >= 0.6 is 0 Å². The number of aromatic nitrogens is 3. The van der Waals surface area contributed by atoms with Crippen LogP contribution in [0.1, 0.15) is 90.4 Å². The molecule has 6 nitrogen and oxygen atoms in total. The van der Waals surface area contributed by atoms with Gasteiger partial charge in [0.2, 0.25) is 0 Å². The maximum atomic E-state index is 13.2. The number of amides is 1. The maximum Gasteiger partial charge on any atom is 0.268 e. The number of carbonyl (C=O) groups is 2. The van der Waals surface area contributed by atoms with Crippen molar-refractivity contribution in [3.63, 3.8) is 0 Å². The van der Waals surface area contributed by atoms with E-state index >= 15 is 0 Å². The third kappa shape index (κ3) is 3.78. The number of benzene rings is 1. The number of H-pyrrole nitrogens is 2. The fourth-order valence-corrected chi connectivity index (χ4v) is 4.51. The number of ketones is 1. The Morgan fingerprint density at radius 2 is 2.00 bits per heavy atom. The molecule has 158 valence electrons. The largest absolute Gasteiger partial charge is 0.354 e. The molecule has 0 unspecified atom stereocenters. The molecule has 1 aliphatic carbocycles. The standard InChI is InChI=1S/C24H30N4O2/c1-5-6-9-17(22-26-15-10-7-8-11-16(15)27-22)28-23(30)21-14(2)20-18(25-21)12-24(3,4)13-19(20)29/h7-8,10-11,17,25H,5-6,9,12-13H2,1-4H3,(H,26,27)(H,28,30)/t17-/m0/s1. The topological polar surface area (TPSA) is 90.6 Å². The van der Waals surface area contributed by atoms with E-state index < -0.39 is 0 Å². The Labute approximate surface area is 176 Å². The highest BCUT2D eigenvalue weighted by molar-refractivity contribution is 6.04. The Bertz CT molecular complexity index is 1070. The summed E-state index contributed by atoms with van der Waals surface area (Å²) >= 11 is 0. The summed E-state index contributed by atoms with van der Waals surface area (Å²) in [6.07, 6.45) is 4.09. The van der Waals surface area contributed by atoms with Crippen LogP contribution in [0.25, 0.3) is 11.0 Å². The van der Waals surface area contributed by atoms with Crippen LogP contribution in [0.15, 0.2) is 24.3 Å². The van der Waals surface area contributed by atoms with Crippen molar-refractivity contribution in [3.8, 4) is 0 Å². The Hall–Kier alpha value is -2.89. The fraction of sp³-hybridized carbons (Fsp3) is 0.458. The van der Waals surface area contributed by atoms with Crippen molar-refractivity contribution in [1.82, 2.24) is 20.3 Å². The van der Waals surface area contributed by atoms with Crippen molar-refractivity contribution in [2.24, 2.45) is 5.41 Å². The maximum absolute atomic E-state index is 13.2. The number of imidazole rings is 1. The SMILES string of the molecule is CCCC[C@H](NC(=O)c1[nH]c2c(c1C)C(=O)CC(C)(C)C2)c1nc2ccccc2[nH]1. The summed E-state index contributed by atoms with van der Waals surface area (Å²) < 4.78 is 0. The third-order valence-corrected chi connectivity index (χ3v) is 6.02. The van der Waals surface area contributed by atoms with Crippen LogP contribution in [-0.4, -0.2) is 26.6 Å². The molecule has 1 aromatic carbocycles. The Morgan fingerprint density at radius 1 is 1.23 bits per heavy atom. The fourth-order valence-electron chi connectivity index (χ4n) is 4.51. The minimum atomic E-state index is -0.211. The zero-order chi connectivity index (χ0) is 21.5. The lowest BCUT2D eigenvalue weighted by Gasteiger charge is -2.28. The lowest BCUT2D eigenvalue weighted by molar-refractivity contribution is 0.0908. The van der Waals surface area contributed by atoms with Crippen molar-refractivity contribution in [1.29, 1.82) is 0 Å². The first-order chi connectivity index (χ1) is 14.3. The van der Waals surface area contributed by atoms with Crippen molar-refractivity contribution in [2.45, 2.75) is 65.8 Å². The molecule has 0 radical (unpaired) electrons. The van der Waals surface area contributed by atoms with Crippen molar-refractivity contribution >= 4 is 22.7 Å². The van der Waals surface area contributed by atoms with Crippen molar-refractivity contribution < 1.29 is 9.59 Å². The average Bonchev–Trinajstić information content (AvgIpc) is 3.25. The second kappa shape index (κ2) is 7.74. The molecule has 1 atom stereocenters. The summed E-state index contributed by atoms with van der Waals surface area (Å²) in [4.78, 5) is 37.2. The van der Waals surface area contributed by atoms with Crippen LogP contribution < -0.4 is 5.32 Å². The van der Waals surface area contributed by atoms with Crippen LogP contribution in [0, 0.1) is 12.3 Å². The van der Waals surface area contributed by atoms with Gasteiger partial charge in [0.25, 0.3) is 5.91 Å². The van der Waals surface area contributed by atoms with Gasteiger partial charge in [0.1, 0.15) is 11.5 Å². The van der Waals surface area contributed by atoms with Gasteiger partial charge in [-0.2, -0.15) is 0 Å². The smallest absolute Gasteiger partial charge is 0.268 e. The molecule has 1 aliphatic rings. The summed E-state index contributed by atoms with van der Waals surface area (Å²) in [5, 5.41) is 3.16. The summed E-state index contributed by atoms with van der Waals surface area (Å²) in [7, 11) is 0. The second-order valence-electron chi connectivity index (χ2n) is 9.23. The number of unbranched alkanes of at least 4 members (excludes halogenated alkanes) is 1. The van der Waals surface area contributed by atoms with Crippen LogP contribution in [0.5, 0.6) is 0 Å². The van der Waals surface area contributed by atoms with Gasteiger partial charge >= 0.3 is 0 Å². The highest BCUT2D eigenvalue weighted by Crippen LogP contribution is 2.36. The lowest BCUT2D eigenvalue weighted by Crippen LogP contribution is -2.30. The first-order valence-electron chi connectivity index (χ1n) is 10.8. The van der Waals surface area contributed by atoms with E-state index in [0.717, 1.165) is 53.8 Å². The van der Waals surface area contributed by atoms with Crippen LogP contribution in [-0.2, 0) is 6.42 Å². The number of rotatable bonds is 6. The molecule has 1 amide bonds. The number of aromatic amines is 2. The molecule has 0 saturated carbocycles. The van der Waals surface area contributed by atoms with E-state index in [1.807, 2.05) is 31.2 Å². The van der Waals surface area contributed by atoms with Crippen LogP contribution in [0.3, 0.4) is 0 Å². The van der Waals surface area contributed by atoms with Crippen molar-refractivity contribution in [2.75, 3.05) is 0 Å². The Morgan fingerprint density at radius 3 is 2.73 bits per heavy atom. The molecular formula is C24H30N4O2. The molecule has 0 fully saturated rings. The molecule has 2 aromatic heterocycles. The monoisotopic (exact) mass is 406 g/mol. The molecule has 0 saturated heterocycles. The number of Topliss-reactive ketones (excluding diaryl/α,β-unsaturated/α-hetero) is 1. The summed E-state index contributed by atoms with van der Waals surface area (Å²) in [6.45, 7) is 8.18. The van der Waals surface area contributed by atoms with Gasteiger partial charge in [-0.25, -0.2) is 4.98 Å². The van der Waals surface area contributed by atoms with Crippen LogP contribution in [0.4, 0.5) is 0 Å². The highest BCUT2D eigenvalue weighted by atomic mass is 16.2. The molecule has 30 heavy (non-hydrogen) atoms. The van der Waals surface area contributed by atoms with Gasteiger partial charge in [0.05, 0.1) is 17.1 Å². The minimum absolute atomic E-state index is 0.0902. The first kappa shape index (κ1) is 20.4. The van der Waals surface area contributed by atoms with E-state index in [1.165, 1.54) is 0 Å². The molecule has 0 spiro atoms. The summed E-state index contributed by atoms with van der Waals surface area (Å²) in [5.41, 5.74) is 4.59. The van der Waals surface area contributed by atoms with E-state index in [2.05, 4.69) is 36.1 Å². The number of nitrogens with zero attached hydrogens (tertiary/aromatic N) is 1. The zero-order valence-corrected chi connectivity index (χ0v) is 18.2. The summed E-state index contributed by atoms with van der Waals surface area (Å²) in [6, 6.07) is 7.66.